The molecule has 2 unspecified atom stereocenters. The van der Waals surface area contributed by atoms with Crippen molar-refractivity contribution in [1.82, 2.24) is 19.9 Å². The average Bonchev–Trinajstić information content (AvgIpc) is 3.23. The van der Waals surface area contributed by atoms with Gasteiger partial charge in [0, 0.05) is 19.6 Å². The number of hydrogen-bond acceptors (Lipinski definition) is 4. The molecular weight excluding hydrogens is 304 g/mol. The van der Waals surface area contributed by atoms with E-state index in [4.69, 9.17) is 5.11 Å². The van der Waals surface area contributed by atoms with Crippen LogP contribution in [-0.2, 0) is 6.42 Å². The molecular formula is C18H24N4O2. The summed E-state index contributed by atoms with van der Waals surface area (Å²) in [5.41, 5.74) is 1.41. The summed E-state index contributed by atoms with van der Waals surface area (Å²) in [6, 6.07) is 10.8. The lowest BCUT2D eigenvalue weighted by Crippen LogP contribution is -2.27. The minimum Gasteiger partial charge on any atom is -0.476 e. The zero-order chi connectivity index (χ0) is 16.9. The maximum atomic E-state index is 10.9. The largest absolute Gasteiger partial charge is 0.476 e. The van der Waals surface area contributed by atoms with Crippen molar-refractivity contribution in [3.8, 4) is 0 Å². The van der Waals surface area contributed by atoms with Crippen LogP contribution in [0.5, 0.6) is 0 Å². The summed E-state index contributed by atoms with van der Waals surface area (Å²) in [6.45, 7) is 5.32. The van der Waals surface area contributed by atoms with Gasteiger partial charge in [-0.2, -0.15) is 0 Å². The van der Waals surface area contributed by atoms with E-state index in [-0.39, 0.29) is 11.7 Å². The summed E-state index contributed by atoms with van der Waals surface area (Å²) < 4.78 is 1.71. The molecule has 1 fully saturated rings. The van der Waals surface area contributed by atoms with Crippen LogP contribution in [0.3, 0.4) is 0 Å². The third kappa shape index (κ3) is 4.20. The van der Waals surface area contributed by atoms with Crippen LogP contribution in [-0.4, -0.2) is 50.6 Å². The van der Waals surface area contributed by atoms with Gasteiger partial charge in [0.2, 0.25) is 0 Å². The van der Waals surface area contributed by atoms with Crippen LogP contribution in [0.4, 0.5) is 0 Å². The van der Waals surface area contributed by atoms with Crippen molar-refractivity contribution in [1.29, 1.82) is 0 Å². The Morgan fingerprint density at radius 2 is 2.17 bits per heavy atom. The minimum atomic E-state index is -1.02. The molecule has 1 aliphatic heterocycles. The topological polar surface area (TPSA) is 71.2 Å². The molecule has 1 aromatic heterocycles. The maximum Gasteiger partial charge on any atom is 0.358 e. The summed E-state index contributed by atoms with van der Waals surface area (Å²) in [5, 5.41) is 16.6. The molecule has 0 bridgehead atoms. The van der Waals surface area contributed by atoms with Gasteiger partial charge in [0.05, 0.1) is 12.2 Å². The third-order valence-electron chi connectivity index (χ3n) is 4.69. The van der Waals surface area contributed by atoms with Crippen molar-refractivity contribution in [2.24, 2.45) is 5.92 Å². The first-order valence-corrected chi connectivity index (χ1v) is 8.53. The first kappa shape index (κ1) is 16.6. The third-order valence-corrected chi connectivity index (χ3v) is 4.69. The molecule has 0 amide bonds. The molecule has 2 aromatic rings. The van der Waals surface area contributed by atoms with Crippen molar-refractivity contribution in [3.05, 3.63) is 47.8 Å². The molecule has 6 heteroatoms. The van der Waals surface area contributed by atoms with Gasteiger partial charge in [0.15, 0.2) is 5.69 Å². The van der Waals surface area contributed by atoms with E-state index in [9.17, 15) is 4.79 Å². The SMILES string of the molecule is CC(CCc1ccccc1)CN1CCC(n2cc(C(=O)O)nn2)C1. The van der Waals surface area contributed by atoms with Crippen LogP contribution in [0.25, 0.3) is 0 Å². The average molecular weight is 328 g/mol. The van der Waals surface area contributed by atoms with Gasteiger partial charge in [0.25, 0.3) is 0 Å². The maximum absolute atomic E-state index is 10.9. The number of carboxylic acids is 1. The second kappa shape index (κ2) is 7.57. The van der Waals surface area contributed by atoms with E-state index in [0.29, 0.717) is 5.92 Å². The van der Waals surface area contributed by atoms with E-state index in [1.807, 2.05) is 0 Å². The monoisotopic (exact) mass is 328 g/mol. The minimum absolute atomic E-state index is 0.0182. The number of aromatic carboxylic acids is 1. The van der Waals surface area contributed by atoms with Crippen LogP contribution >= 0.6 is 0 Å². The highest BCUT2D eigenvalue weighted by atomic mass is 16.4. The van der Waals surface area contributed by atoms with Crippen LogP contribution in [0, 0.1) is 5.92 Å². The van der Waals surface area contributed by atoms with Crippen LogP contribution in [0.2, 0.25) is 0 Å². The Labute approximate surface area is 142 Å². The van der Waals surface area contributed by atoms with Gasteiger partial charge >= 0.3 is 5.97 Å². The number of nitrogens with zero attached hydrogens (tertiary/aromatic N) is 4. The molecule has 0 aliphatic carbocycles. The van der Waals surface area contributed by atoms with Crippen molar-refractivity contribution < 1.29 is 9.90 Å². The number of carbonyl (C=O) groups is 1. The predicted octanol–water partition coefficient (Wildman–Crippen LogP) is 2.49. The summed E-state index contributed by atoms with van der Waals surface area (Å²) in [4.78, 5) is 13.3. The van der Waals surface area contributed by atoms with Gasteiger partial charge in [-0.1, -0.05) is 42.5 Å². The number of carboxylic acid groups (broad SMARTS) is 1. The fraction of sp³-hybridized carbons (Fsp3) is 0.500. The highest BCUT2D eigenvalue weighted by Gasteiger charge is 2.26. The van der Waals surface area contributed by atoms with Crippen molar-refractivity contribution in [2.45, 2.75) is 32.2 Å². The lowest BCUT2D eigenvalue weighted by atomic mass is 10.0. The number of aryl methyl sites for hydroxylation is 1. The summed E-state index contributed by atoms with van der Waals surface area (Å²) in [5.74, 6) is -0.389. The molecule has 1 aliphatic rings. The first-order chi connectivity index (χ1) is 11.6. The van der Waals surface area contributed by atoms with Crippen molar-refractivity contribution >= 4 is 5.97 Å². The Bertz CT molecular complexity index is 671. The second-order valence-electron chi connectivity index (χ2n) is 6.72. The summed E-state index contributed by atoms with van der Waals surface area (Å²) >= 11 is 0. The smallest absolute Gasteiger partial charge is 0.358 e. The van der Waals surface area contributed by atoms with E-state index in [1.165, 1.54) is 18.2 Å². The Balaban J connectivity index is 1.46. The molecule has 0 radical (unpaired) electrons. The van der Waals surface area contributed by atoms with E-state index in [2.05, 4.69) is 52.5 Å². The zero-order valence-corrected chi connectivity index (χ0v) is 14.0. The standard InChI is InChI=1S/C18H24N4O2/c1-14(7-8-15-5-3-2-4-6-15)11-21-10-9-16(12-21)22-13-17(18(23)24)19-20-22/h2-6,13-14,16H,7-12H2,1H3,(H,23,24). The molecule has 1 N–H and O–H groups in total. The van der Waals surface area contributed by atoms with E-state index in [1.54, 1.807) is 4.68 Å². The molecule has 2 atom stereocenters. The van der Waals surface area contributed by atoms with Crippen LogP contribution in [0.15, 0.2) is 36.5 Å². The molecule has 24 heavy (non-hydrogen) atoms. The lowest BCUT2D eigenvalue weighted by molar-refractivity contribution is 0.0690. The molecule has 3 rings (SSSR count). The Kier molecular flexibility index (Phi) is 5.25. The molecule has 1 saturated heterocycles. The molecule has 0 saturated carbocycles. The van der Waals surface area contributed by atoms with E-state index < -0.39 is 5.97 Å². The number of rotatable bonds is 7. The van der Waals surface area contributed by atoms with Gasteiger partial charge in [-0.25, -0.2) is 9.48 Å². The van der Waals surface area contributed by atoms with Gasteiger partial charge in [0.1, 0.15) is 0 Å². The van der Waals surface area contributed by atoms with Gasteiger partial charge in [-0.3, -0.25) is 0 Å². The first-order valence-electron chi connectivity index (χ1n) is 8.53. The van der Waals surface area contributed by atoms with Crippen LogP contribution < -0.4 is 0 Å². The molecule has 1 aromatic carbocycles. The number of likely N-dealkylation sites (tertiary alicyclic amines) is 1. The molecule has 128 valence electrons. The Hall–Kier alpha value is -2.21. The van der Waals surface area contributed by atoms with Crippen molar-refractivity contribution in [2.75, 3.05) is 19.6 Å². The van der Waals surface area contributed by atoms with Crippen molar-refractivity contribution in [3.63, 3.8) is 0 Å². The summed E-state index contributed by atoms with van der Waals surface area (Å²) in [7, 11) is 0. The predicted molar refractivity (Wildman–Crippen MR) is 91.0 cm³/mol. The lowest BCUT2D eigenvalue weighted by Gasteiger charge is -2.21. The van der Waals surface area contributed by atoms with Crippen LogP contribution in [0.1, 0.15) is 41.9 Å². The van der Waals surface area contributed by atoms with E-state index in [0.717, 1.165) is 32.5 Å². The molecule has 2 heterocycles. The fourth-order valence-corrected chi connectivity index (χ4v) is 3.34. The quantitative estimate of drug-likeness (QED) is 0.845. The summed E-state index contributed by atoms with van der Waals surface area (Å²) in [6.07, 6.45) is 4.82. The second-order valence-corrected chi connectivity index (χ2v) is 6.72. The normalized spacial score (nSPS) is 19.5. The zero-order valence-electron chi connectivity index (χ0n) is 14.0. The molecule has 0 spiro atoms. The van der Waals surface area contributed by atoms with E-state index >= 15 is 0 Å². The fourth-order valence-electron chi connectivity index (χ4n) is 3.34. The molecule has 6 nitrogen and oxygen atoms in total. The highest BCUT2D eigenvalue weighted by molar-refractivity contribution is 5.84. The van der Waals surface area contributed by atoms with Gasteiger partial charge in [-0.15, -0.1) is 5.10 Å². The number of hydrogen-bond donors (Lipinski definition) is 1. The Morgan fingerprint density at radius 1 is 1.38 bits per heavy atom. The number of aromatic nitrogens is 3. The van der Waals surface area contributed by atoms with Gasteiger partial charge < -0.3 is 10.0 Å². The van der Waals surface area contributed by atoms with Gasteiger partial charge in [-0.05, 0) is 30.7 Å². The Morgan fingerprint density at radius 3 is 2.88 bits per heavy atom. The number of benzene rings is 1. The highest BCUT2D eigenvalue weighted by Crippen LogP contribution is 2.22.